The zero-order chi connectivity index (χ0) is 26.5. The van der Waals surface area contributed by atoms with E-state index in [-0.39, 0.29) is 11.8 Å². The van der Waals surface area contributed by atoms with Crippen LogP contribution in [-0.2, 0) is 0 Å². The molecule has 1 heterocycles. The number of carbonyl (C=O) groups is 1. The first-order valence-corrected chi connectivity index (χ1v) is 11.8. The Balaban J connectivity index is 1.40. The van der Waals surface area contributed by atoms with Crippen LogP contribution in [0.3, 0.4) is 0 Å². The maximum atomic E-state index is 13.1. The molecule has 0 spiro atoms. The second-order valence-corrected chi connectivity index (χ2v) is 8.28. The lowest BCUT2D eigenvalue weighted by molar-refractivity contribution is 0.102. The summed E-state index contributed by atoms with van der Waals surface area (Å²) in [6.45, 7) is 0. The second-order valence-electron chi connectivity index (χ2n) is 8.28. The lowest BCUT2D eigenvalue weighted by atomic mass is 10.0. The van der Waals surface area contributed by atoms with E-state index in [2.05, 4.69) is 15.5 Å². The van der Waals surface area contributed by atoms with E-state index in [4.69, 9.17) is 18.7 Å². The predicted octanol–water partition coefficient (Wildman–Crippen LogP) is 6.35. The number of hydrogen-bond donors (Lipinski definition) is 1. The largest absolute Gasteiger partial charge is 0.493 e. The van der Waals surface area contributed by atoms with E-state index in [1.165, 1.54) is 21.3 Å². The average Bonchev–Trinajstić information content (AvgIpc) is 3.47. The zero-order valence-electron chi connectivity index (χ0n) is 21.1. The van der Waals surface area contributed by atoms with Crippen LogP contribution in [0.2, 0.25) is 0 Å². The van der Waals surface area contributed by atoms with Crippen molar-refractivity contribution in [2.75, 3.05) is 26.6 Å². The summed E-state index contributed by atoms with van der Waals surface area (Å²) in [6.07, 6.45) is 0. The van der Waals surface area contributed by atoms with Crippen molar-refractivity contribution in [2.24, 2.45) is 0 Å². The summed E-state index contributed by atoms with van der Waals surface area (Å²) in [5.74, 6) is 1.74. The molecule has 8 nitrogen and oxygen atoms in total. The Morgan fingerprint density at radius 3 is 2.03 bits per heavy atom. The molecule has 4 aromatic carbocycles. The van der Waals surface area contributed by atoms with E-state index in [0.29, 0.717) is 45.5 Å². The highest BCUT2D eigenvalue weighted by molar-refractivity contribution is 6.06. The fraction of sp³-hybridized carbons (Fsp3) is 0.100. The Morgan fingerprint density at radius 1 is 0.737 bits per heavy atom. The van der Waals surface area contributed by atoms with Crippen molar-refractivity contribution in [3.8, 4) is 51.2 Å². The number of rotatable bonds is 8. The van der Waals surface area contributed by atoms with Gasteiger partial charge in [-0.1, -0.05) is 59.8 Å². The minimum absolute atomic E-state index is 0.249. The molecule has 0 aliphatic heterocycles. The summed E-state index contributed by atoms with van der Waals surface area (Å²) < 4.78 is 21.8. The van der Waals surface area contributed by atoms with Crippen LogP contribution in [0.4, 0.5) is 5.69 Å². The van der Waals surface area contributed by atoms with Crippen LogP contribution in [0, 0.1) is 0 Å². The third kappa shape index (κ3) is 4.92. The molecule has 0 aliphatic rings. The fourth-order valence-corrected chi connectivity index (χ4v) is 4.08. The number of benzene rings is 4. The van der Waals surface area contributed by atoms with Gasteiger partial charge in [-0.15, -0.1) is 0 Å². The molecule has 0 saturated heterocycles. The van der Waals surface area contributed by atoms with Crippen molar-refractivity contribution in [2.45, 2.75) is 0 Å². The number of nitrogens with zero attached hydrogens (tertiary/aromatic N) is 2. The summed E-state index contributed by atoms with van der Waals surface area (Å²) in [5, 5.41) is 7.10. The van der Waals surface area contributed by atoms with Crippen LogP contribution in [0.5, 0.6) is 17.2 Å². The monoisotopic (exact) mass is 507 g/mol. The third-order valence-electron chi connectivity index (χ3n) is 6.01. The number of ether oxygens (including phenoxy) is 3. The van der Waals surface area contributed by atoms with Crippen molar-refractivity contribution in [3.05, 3.63) is 96.6 Å². The van der Waals surface area contributed by atoms with E-state index < -0.39 is 0 Å². The SMILES string of the molecule is COc1cc(-c2noc(-c3ccccc3NC(=O)c3ccc(-c4ccccc4)cc3)n2)cc(OC)c1OC. The summed E-state index contributed by atoms with van der Waals surface area (Å²) in [6, 6.07) is 28.2. The Bertz CT molecular complexity index is 1540. The van der Waals surface area contributed by atoms with Crippen LogP contribution in [0.25, 0.3) is 34.0 Å². The molecule has 38 heavy (non-hydrogen) atoms. The van der Waals surface area contributed by atoms with Gasteiger partial charge >= 0.3 is 0 Å². The first-order valence-electron chi connectivity index (χ1n) is 11.8. The minimum Gasteiger partial charge on any atom is -0.493 e. The lowest BCUT2D eigenvalue weighted by Gasteiger charge is -2.12. The molecule has 0 unspecified atom stereocenters. The van der Waals surface area contributed by atoms with Gasteiger partial charge in [0.05, 0.1) is 32.6 Å². The van der Waals surface area contributed by atoms with Gasteiger partial charge in [0.2, 0.25) is 11.6 Å². The maximum absolute atomic E-state index is 13.1. The topological polar surface area (TPSA) is 95.7 Å². The first kappa shape index (κ1) is 24.6. The number of aromatic nitrogens is 2. The molecular formula is C30H25N3O5. The van der Waals surface area contributed by atoms with Crippen LogP contribution < -0.4 is 19.5 Å². The number of methoxy groups -OCH3 is 3. The fourth-order valence-electron chi connectivity index (χ4n) is 4.08. The number of carbonyl (C=O) groups excluding carboxylic acids is 1. The van der Waals surface area contributed by atoms with Gasteiger partial charge in [0.1, 0.15) is 0 Å². The molecule has 5 aromatic rings. The number of nitrogens with one attached hydrogen (secondary N) is 1. The molecule has 8 heteroatoms. The molecule has 0 bridgehead atoms. The summed E-state index contributed by atoms with van der Waals surface area (Å²) in [5.41, 5.74) is 4.41. The van der Waals surface area contributed by atoms with Crippen molar-refractivity contribution < 1.29 is 23.5 Å². The maximum Gasteiger partial charge on any atom is 0.260 e. The van der Waals surface area contributed by atoms with Crippen LogP contribution in [0.1, 0.15) is 10.4 Å². The molecule has 190 valence electrons. The Morgan fingerprint density at radius 2 is 1.37 bits per heavy atom. The van der Waals surface area contributed by atoms with E-state index >= 15 is 0 Å². The normalized spacial score (nSPS) is 10.6. The molecule has 0 atom stereocenters. The Kier molecular flexibility index (Phi) is 7.04. The molecule has 1 amide bonds. The Hall–Kier alpha value is -5.11. The number of hydrogen-bond acceptors (Lipinski definition) is 7. The molecule has 0 aliphatic carbocycles. The zero-order valence-corrected chi connectivity index (χ0v) is 21.1. The van der Waals surface area contributed by atoms with E-state index in [0.717, 1.165) is 11.1 Å². The summed E-state index contributed by atoms with van der Waals surface area (Å²) >= 11 is 0. The van der Waals surface area contributed by atoms with E-state index in [9.17, 15) is 4.79 Å². The predicted molar refractivity (Wildman–Crippen MR) is 145 cm³/mol. The Labute approximate surface area is 219 Å². The third-order valence-corrected chi connectivity index (χ3v) is 6.01. The van der Waals surface area contributed by atoms with Gasteiger partial charge in [-0.2, -0.15) is 4.98 Å². The second kappa shape index (κ2) is 10.9. The van der Waals surface area contributed by atoms with Crippen molar-refractivity contribution >= 4 is 11.6 Å². The quantitative estimate of drug-likeness (QED) is 0.261. The highest BCUT2D eigenvalue weighted by Crippen LogP contribution is 2.41. The van der Waals surface area contributed by atoms with Gasteiger partial charge in [0.15, 0.2) is 11.5 Å². The molecule has 1 N–H and O–H groups in total. The van der Waals surface area contributed by atoms with Crippen molar-refractivity contribution in [1.82, 2.24) is 10.1 Å². The minimum atomic E-state index is -0.249. The van der Waals surface area contributed by atoms with Crippen LogP contribution in [-0.4, -0.2) is 37.4 Å². The molecule has 0 radical (unpaired) electrons. The number of para-hydroxylation sites is 1. The molecule has 1 aromatic heterocycles. The highest BCUT2D eigenvalue weighted by Gasteiger charge is 2.19. The smallest absolute Gasteiger partial charge is 0.260 e. The average molecular weight is 508 g/mol. The number of anilines is 1. The molecular weight excluding hydrogens is 482 g/mol. The van der Waals surface area contributed by atoms with Gasteiger partial charge in [-0.25, -0.2) is 0 Å². The lowest BCUT2D eigenvalue weighted by Crippen LogP contribution is -2.12. The van der Waals surface area contributed by atoms with Gasteiger partial charge < -0.3 is 24.1 Å². The molecule has 5 rings (SSSR count). The van der Waals surface area contributed by atoms with Crippen molar-refractivity contribution in [3.63, 3.8) is 0 Å². The van der Waals surface area contributed by atoms with E-state index in [1.54, 1.807) is 36.4 Å². The molecule has 0 saturated carbocycles. The van der Waals surface area contributed by atoms with Crippen molar-refractivity contribution in [1.29, 1.82) is 0 Å². The standard InChI is InChI=1S/C30H25N3O5/c1-35-25-17-22(18-26(36-2)27(25)37-3)28-32-30(38-33-28)23-11-7-8-12-24(23)31-29(34)21-15-13-20(14-16-21)19-9-5-4-6-10-19/h4-18H,1-3H3,(H,31,34). The van der Waals surface area contributed by atoms with Gasteiger partial charge in [0, 0.05) is 11.1 Å². The first-order chi connectivity index (χ1) is 18.6. The van der Waals surface area contributed by atoms with Crippen LogP contribution >= 0.6 is 0 Å². The summed E-state index contributed by atoms with van der Waals surface area (Å²) in [4.78, 5) is 17.6. The van der Waals surface area contributed by atoms with E-state index in [1.807, 2.05) is 54.6 Å². The molecule has 0 fully saturated rings. The highest BCUT2D eigenvalue weighted by atomic mass is 16.5. The van der Waals surface area contributed by atoms with Gasteiger partial charge in [-0.05, 0) is 47.5 Å². The number of amides is 1. The van der Waals surface area contributed by atoms with Gasteiger partial charge in [-0.3, -0.25) is 4.79 Å². The van der Waals surface area contributed by atoms with Gasteiger partial charge in [0.25, 0.3) is 11.8 Å². The summed E-state index contributed by atoms with van der Waals surface area (Å²) in [7, 11) is 4.61. The van der Waals surface area contributed by atoms with Crippen LogP contribution in [0.15, 0.2) is 95.5 Å².